The van der Waals surface area contributed by atoms with Gasteiger partial charge in [-0.1, -0.05) is 0 Å². The summed E-state index contributed by atoms with van der Waals surface area (Å²) in [6, 6.07) is 3.45. The van der Waals surface area contributed by atoms with E-state index in [1.54, 1.807) is 0 Å². The zero-order chi connectivity index (χ0) is 15.1. The van der Waals surface area contributed by atoms with Crippen LogP contribution in [0.1, 0.15) is 15.9 Å². The molecule has 0 aliphatic carbocycles. The molecule has 1 aliphatic rings. The number of nitrogens with zero attached hydrogens (tertiary/aromatic N) is 2. The summed E-state index contributed by atoms with van der Waals surface area (Å²) in [5.41, 5.74) is 4.05. The van der Waals surface area contributed by atoms with Crippen LogP contribution in [0.2, 0.25) is 0 Å². The van der Waals surface area contributed by atoms with Crippen molar-refractivity contribution in [2.45, 2.75) is 12.2 Å². The van der Waals surface area contributed by atoms with E-state index in [0.717, 1.165) is 12.1 Å². The van der Waals surface area contributed by atoms with Gasteiger partial charge < -0.3 is 15.5 Å². The van der Waals surface area contributed by atoms with Crippen LogP contribution in [0.25, 0.3) is 0 Å². The number of likely N-dealkylation sites (tertiary alicyclic amines) is 1. The number of halogens is 3. The Morgan fingerprint density at radius 1 is 1.35 bits per heavy atom. The first-order valence-electron chi connectivity index (χ1n) is 6.12. The molecule has 0 unspecified atom stereocenters. The summed E-state index contributed by atoms with van der Waals surface area (Å²) < 4.78 is 38.8. The summed E-state index contributed by atoms with van der Waals surface area (Å²) >= 11 is 0. The molecule has 0 bridgehead atoms. The molecule has 2 rings (SSSR count). The van der Waals surface area contributed by atoms with Gasteiger partial charge in [-0.2, -0.15) is 13.2 Å². The summed E-state index contributed by atoms with van der Waals surface area (Å²) in [5.74, 6) is -0.601. The van der Waals surface area contributed by atoms with Crippen LogP contribution in [0.3, 0.4) is 0 Å². The van der Waals surface area contributed by atoms with Crippen molar-refractivity contribution in [2.24, 2.45) is 0 Å². The molecule has 20 heavy (non-hydrogen) atoms. The molecular formula is C13H16F3N3O. The first-order chi connectivity index (χ1) is 9.20. The average molecular weight is 287 g/mol. The van der Waals surface area contributed by atoms with Crippen molar-refractivity contribution in [2.75, 3.05) is 32.9 Å². The molecule has 7 heteroatoms. The molecule has 1 heterocycles. The molecule has 0 saturated carbocycles. The first kappa shape index (κ1) is 14.6. The van der Waals surface area contributed by atoms with Crippen molar-refractivity contribution in [1.82, 2.24) is 9.80 Å². The zero-order valence-corrected chi connectivity index (χ0v) is 11.2. The Bertz CT molecular complexity index is 522. The van der Waals surface area contributed by atoms with Crippen LogP contribution in [0.5, 0.6) is 0 Å². The van der Waals surface area contributed by atoms with Gasteiger partial charge in [0.2, 0.25) is 0 Å². The number of rotatable bonds is 2. The Hall–Kier alpha value is -1.76. The Morgan fingerprint density at radius 2 is 1.95 bits per heavy atom. The van der Waals surface area contributed by atoms with Crippen molar-refractivity contribution >= 4 is 11.6 Å². The van der Waals surface area contributed by atoms with Crippen molar-refractivity contribution in [1.29, 1.82) is 0 Å². The molecule has 110 valence electrons. The number of alkyl halides is 3. The first-order valence-corrected chi connectivity index (χ1v) is 6.12. The van der Waals surface area contributed by atoms with E-state index in [4.69, 9.17) is 5.73 Å². The molecular weight excluding hydrogens is 271 g/mol. The van der Waals surface area contributed by atoms with Gasteiger partial charge in [0, 0.05) is 24.8 Å². The van der Waals surface area contributed by atoms with Crippen LogP contribution in [0, 0.1) is 0 Å². The quantitative estimate of drug-likeness (QED) is 0.842. The minimum absolute atomic E-state index is 0.0105. The normalized spacial score (nSPS) is 16.4. The fraction of sp³-hybridized carbons (Fsp3) is 0.462. The van der Waals surface area contributed by atoms with E-state index in [-0.39, 0.29) is 17.3 Å². The zero-order valence-electron chi connectivity index (χ0n) is 11.2. The summed E-state index contributed by atoms with van der Waals surface area (Å²) in [5, 5.41) is 0. The molecule has 2 N–H and O–H groups in total. The lowest BCUT2D eigenvalue weighted by Gasteiger charge is -2.43. The molecule has 1 aromatic carbocycles. The smallest absolute Gasteiger partial charge is 0.399 e. The Kier molecular flexibility index (Phi) is 3.64. The molecule has 1 amide bonds. The van der Waals surface area contributed by atoms with Gasteiger partial charge in [0.1, 0.15) is 0 Å². The van der Waals surface area contributed by atoms with Gasteiger partial charge in [-0.05, 0) is 32.3 Å². The van der Waals surface area contributed by atoms with Gasteiger partial charge >= 0.3 is 6.18 Å². The number of nitrogen functional groups attached to an aromatic ring is 1. The lowest BCUT2D eigenvalue weighted by Crippen LogP contribution is -2.59. The second-order valence-corrected chi connectivity index (χ2v) is 5.13. The molecule has 1 aromatic rings. The summed E-state index contributed by atoms with van der Waals surface area (Å²) in [4.78, 5) is 15.5. The van der Waals surface area contributed by atoms with Gasteiger partial charge in [0.25, 0.3) is 5.91 Å². The van der Waals surface area contributed by atoms with E-state index in [1.165, 1.54) is 11.0 Å². The summed E-state index contributed by atoms with van der Waals surface area (Å²) in [6.07, 6.45) is -4.59. The third-order valence-corrected chi connectivity index (χ3v) is 3.46. The van der Waals surface area contributed by atoms with E-state index in [2.05, 4.69) is 0 Å². The van der Waals surface area contributed by atoms with Crippen LogP contribution < -0.4 is 5.73 Å². The topological polar surface area (TPSA) is 49.6 Å². The molecule has 0 atom stereocenters. The molecule has 4 nitrogen and oxygen atoms in total. The number of carbonyl (C=O) groups excluding carboxylic acids is 1. The van der Waals surface area contributed by atoms with E-state index < -0.39 is 17.6 Å². The molecule has 1 saturated heterocycles. The van der Waals surface area contributed by atoms with E-state index in [9.17, 15) is 18.0 Å². The number of benzene rings is 1. The highest BCUT2D eigenvalue weighted by molar-refractivity contribution is 5.97. The number of carbonyl (C=O) groups is 1. The lowest BCUT2D eigenvalue weighted by atomic mass is 10.0. The second kappa shape index (κ2) is 4.97. The van der Waals surface area contributed by atoms with Gasteiger partial charge in [-0.15, -0.1) is 0 Å². The van der Waals surface area contributed by atoms with Crippen molar-refractivity contribution in [3.63, 3.8) is 0 Å². The molecule has 0 radical (unpaired) electrons. The third kappa shape index (κ3) is 2.72. The minimum Gasteiger partial charge on any atom is -0.399 e. The number of hydrogen-bond donors (Lipinski definition) is 1. The summed E-state index contributed by atoms with van der Waals surface area (Å²) in [6.45, 7) is 0.876. The highest BCUT2D eigenvalue weighted by Crippen LogP contribution is 2.34. The highest BCUT2D eigenvalue weighted by atomic mass is 19.4. The average Bonchev–Trinajstić information content (AvgIpc) is 2.24. The number of likely N-dealkylation sites (N-methyl/N-ethyl adjacent to an activating group) is 1. The number of hydrogen-bond acceptors (Lipinski definition) is 3. The minimum atomic E-state index is -4.59. The largest absolute Gasteiger partial charge is 0.417 e. The SMILES string of the molecule is CN(C)C1CN(C(=O)c2ccc(N)cc2C(F)(F)F)C1. The number of amides is 1. The predicted molar refractivity (Wildman–Crippen MR) is 69.2 cm³/mol. The van der Waals surface area contributed by atoms with E-state index >= 15 is 0 Å². The molecule has 0 aromatic heterocycles. The molecule has 1 fully saturated rings. The fourth-order valence-corrected chi connectivity index (χ4v) is 2.10. The van der Waals surface area contributed by atoms with Gasteiger partial charge in [-0.25, -0.2) is 0 Å². The Morgan fingerprint density at radius 3 is 2.45 bits per heavy atom. The highest BCUT2D eigenvalue weighted by Gasteiger charge is 2.39. The van der Waals surface area contributed by atoms with Crippen molar-refractivity contribution in [3.05, 3.63) is 29.3 Å². The predicted octanol–water partition coefficient (Wildman–Crippen LogP) is 1.67. The third-order valence-electron chi connectivity index (χ3n) is 3.46. The van der Waals surface area contributed by atoms with E-state index in [0.29, 0.717) is 13.1 Å². The molecule has 0 spiro atoms. The monoisotopic (exact) mass is 287 g/mol. The standard InChI is InChI=1S/C13H16F3N3O/c1-18(2)9-6-19(7-9)12(20)10-4-3-8(17)5-11(10)13(14,15)16/h3-5,9H,6-7,17H2,1-2H3. The van der Waals surface area contributed by atoms with Crippen LogP contribution in [0.15, 0.2) is 18.2 Å². The van der Waals surface area contributed by atoms with Crippen LogP contribution in [0.4, 0.5) is 18.9 Å². The second-order valence-electron chi connectivity index (χ2n) is 5.13. The van der Waals surface area contributed by atoms with Gasteiger partial charge in [0.05, 0.1) is 11.1 Å². The summed E-state index contributed by atoms with van der Waals surface area (Å²) in [7, 11) is 3.74. The maximum Gasteiger partial charge on any atom is 0.417 e. The van der Waals surface area contributed by atoms with Crippen LogP contribution in [-0.4, -0.2) is 48.9 Å². The van der Waals surface area contributed by atoms with Gasteiger partial charge in [0.15, 0.2) is 0 Å². The Balaban J connectivity index is 2.23. The van der Waals surface area contributed by atoms with Crippen molar-refractivity contribution < 1.29 is 18.0 Å². The van der Waals surface area contributed by atoms with Gasteiger partial charge in [-0.3, -0.25) is 4.79 Å². The Labute approximate surface area is 114 Å². The van der Waals surface area contributed by atoms with Crippen LogP contribution in [-0.2, 0) is 6.18 Å². The number of nitrogens with two attached hydrogens (primary N) is 1. The van der Waals surface area contributed by atoms with Crippen molar-refractivity contribution in [3.8, 4) is 0 Å². The lowest BCUT2D eigenvalue weighted by molar-refractivity contribution is -0.138. The van der Waals surface area contributed by atoms with E-state index in [1.807, 2.05) is 19.0 Å². The number of anilines is 1. The molecule has 1 aliphatic heterocycles. The van der Waals surface area contributed by atoms with Crippen LogP contribution >= 0.6 is 0 Å². The fourth-order valence-electron chi connectivity index (χ4n) is 2.10. The maximum atomic E-state index is 12.9. The maximum absolute atomic E-state index is 12.9.